The highest BCUT2D eigenvalue weighted by Gasteiger charge is 2.11. The Balaban J connectivity index is 2.38. The second-order valence-electron chi connectivity index (χ2n) is 5.02. The van der Waals surface area contributed by atoms with Crippen molar-refractivity contribution in [1.82, 2.24) is 0 Å². The number of ketones is 1. The van der Waals surface area contributed by atoms with Crippen molar-refractivity contribution in [3.63, 3.8) is 0 Å². The number of carbonyl (C=O) groups excluding carboxylic acids is 1. The molecule has 0 N–H and O–H groups in total. The number of nitrogens with zero attached hydrogens (tertiary/aromatic N) is 2. The van der Waals surface area contributed by atoms with Crippen molar-refractivity contribution in [2.75, 3.05) is 11.4 Å². The molecular weight excluding hydrogens is 292 g/mol. The van der Waals surface area contributed by atoms with Gasteiger partial charge in [0, 0.05) is 36.1 Å². The molecule has 0 aliphatic rings. The maximum absolute atomic E-state index is 12.0. The molecule has 5 heteroatoms. The zero-order valence-electron chi connectivity index (χ0n) is 13.1. The van der Waals surface area contributed by atoms with Crippen molar-refractivity contribution < 1.29 is 9.72 Å². The summed E-state index contributed by atoms with van der Waals surface area (Å²) in [6, 6.07) is 15.7. The van der Waals surface area contributed by atoms with Crippen molar-refractivity contribution in [2.45, 2.75) is 13.8 Å². The summed E-state index contributed by atoms with van der Waals surface area (Å²) >= 11 is 0. The minimum absolute atomic E-state index is 0.0310. The molecule has 5 nitrogen and oxygen atoms in total. The zero-order valence-corrected chi connectivity index (χ0v) is 13.1. The molecule has 0 saturated heterocycles. The van der Waals surface area contributed by atoms with Crippen LogP contribution >= 0.6 is 0 Å². The summed E-state index contributed by atoms with van der Waals surface area (Å²) < 4.78 is 0. The predicted octanol–water partition coefficient (Wildman–Crippen LogP) is 4.05. The maximum atomic E-state index is 12.0. The minimum Gasteiger partial charge on any atom is -0.348 e. The number of carbonyl (C=O) groups is 1. The van der Waals surface area contributed by atoms with Gasteiger partial charge in [-0.2, -0.15) is 0 Å². The Morgan fingerprint density at radius 3 is 2.22 bits per heavy atom. The smallest absolute Gasteiger partial charge is 0.269 e. The lowest BCUT2D eigenvalue weighted by molar-refractivity contribution is -0.384. The van der Waals surface area contributed by atoms with Crippen molar-refractivity contribution in [1.29, 1.82) is 0 Å². The van der Waals surface area contributed by atoms with Crippen molar-refractivity contribution in [3.8, 4) is 0 Å². The molecule has 0 aliphatic heterocycles. The Bertz CT molecular complexity index is 722. The van der Waals surface area contributed by atoms with Gasteiger partial charge in [-0.05, 0) is 31.5 Å². The Morgan fingerprint density at radius 2 is 1.74 bits per heavy atom. The van der Waals surface area contributed by atoms with E-state index in [1.807, 2.05) is 42.2 Å². The van der Waals surface area contributed by atoms with Crippen LogP contribution in [-0.2, 0) is 4.79 Å². The standard InChI is InChI=1S/C18H18N2O3/c1-3-19(16-9-11-17(12-10-16)20(22)23)13-18(14(2)21)15-7-5-4-6-8-15/h4-13H,3H2,1-2H3/b18-13+. The SMILES string of the molecule is CCN(/C=C(\C(C)=O)c1ccccc1)c1ccc([N+](=O)[O-])cc1. The number of hydrogen-bond acceptors (Lipinski definition) is 4. The lowest BCUT2D eigenvalue weighted by Crippen LogP contribution is -2.17. The highest BCUT2D eigenvalue weighted by atomic mass is 16.6. The fourth-order valence-corrected chi connectivity index (χ4v) is 2.26. The third-order valence-corrected chi connectivity index (χ3v) is 3.48. The van der Waals surface area contributed by atoms with Crippen LogP contribution in [0.2, 0.25) is 0 Å². The van der Waals surface area contributed by atoms with Crippen LogP contribution in [0.15, 0.2) is 60.8 Å². The van der Waals surface area contributed by atoms with E-state index < -0.39 is 4.92 Å². The summed E-state index contributed by atoms with van der Waals surface area (Å²) in [5, 5.41) is 10.7. The lowest BCUT2D eigenvalue weighted by Gasteiger charge is -2.20. The number of nitro benzene ring substituents is 1. The molecule has 118 valence electrons. The van der Waals surface area contributed by atoms with E-state index in [0.29, 0.717) is 12.1 Å². The maximum Gasteiger partial charge on any atom is 0.269 e. The molecule has 0 aromatic heterocycles. The van der Waals surface area contributed by atoms with Crippen LogP contribution in [0.3, 0.4) is 0 Å². The molecule has 2 rings (SSSR count). The van der Waals surface area contributed by atoms with Gasteiger partial charge in [-0.3, -0.25) is 14.9 Å². The molecule has 0 heterocycles. The average Bonchev–Trinajstić information content (AvgIpc) is 2.56. The molecule has 2 aromatic rings. The molecule has 0 atom stereocenters. The van der Waals surface area contributed by atoms with E-state index in [0.717, 1.165) is 11.3 Å². The van der Waals surface area contributed by atoms with Crippen LogP contribution in [0.5, 0.6) is 0 Å². The van der Waals surface area contributed by atoms with Crippen molar-refractivity contribution in [2.24, 2.45) is 0 Å². The molecule has 0 aliphatic carbocycles. The van der Waals surface area contributed by atoms with Crippen molar-refractivity contribution >= 4 is 22.7 Å². The molecule has 2 aromatic carbocycles. The number of hydrogen-bond donors (Lipinski definition) is 0. The molecular formula is C18H18N2O3. The quantitative estimate of drug-likeness (QED) is 0.459. The topological polar surface area (TPSA) is 63.5 Å². The monoisotopic (exact) mass is 310 g/mol. The zero-order chi connectivity index (χ0) is 16.8. The Kier molecular flexibility index (Phi) is 5.25. The first-order chi connectivity index (χ1) is 11.0. The van der Waals surface area contributed by atoms with Gasteiger partial charge >= 0.3 is 0 Å². The highest BCUT2D eigenvalue weighted by Crippen LogP contribution is 2.23. The molecule has 0 fully saturated rings. The second kappa shape index (κ2) is 7.35. The van der Waals surface area contributed by atoms with E-state index >= 15 is 0 Å². The summed E-state index contributed by atoms with van der Waals surface area (Å²) in [6.07, 6.45) is 1.79. The fraction of sp³-hybridized carbons (Fsp3) is 0.167. The Hall–Kier alpha value is -2.95. The molecule has 0 unspecified atom stereocenters. The number of non-ortho nitro benzene ring substituents is 1. The summed E-state index contributed by atoms with van der Waals surface area (Å²) in [7, 11) is 0. The first-order valence-corrected chi connectivity index (χ1v) is 7.32. The van der Waals surface area contributed by atoms with Gasteiger partial charge in [0.15, 0.2) is 5.78 Å². The number of Topliss-reactive ketones (excluding diaryl/α,β-unsaturated/α-hetero) is 1. The average molecular weight is 310 g/mol. The number of nitro groups is 1. The van der Waals surface area contributed by atoms with Gasteiger partial charge in [0.1, 0.15) is 0 Å². The van der Waals surface area contributed by atoms with Gasteiger partial charge in [0.2, 0.25) is 0 Å². The van der Waals surface area contributed by atoms with Crippen LogP contribution in [-0.4, -0.2) is 17.3 Å². The van der Waals surface area contributed by atoms with Crippen LogP contribution in [0.1, 0.15) is 19.4 Å². The van der Waals surface area contributed by atoms with Crippen LogP contribution in [0.4, 0.5) is 11.4 Å². The minimum atomic E-state index is -0.430. The van der Waals surface area contributed by atoms with Gasteiger partial charge in [-0.15, -0.1) is 0 Å². The number of benzene rings is 2. The Labute approximate surface area is 135 Å². The van der Waals surface area contributed by atoms with E-state index in [9.17, 15) is 14.9 Å². The third-order valence-electron chi connectivity index (χ3n) is 3.48. The normalized spacial score (nSPS) is 11.1. The Morgan fingerprint density at radius 1 is 1.13 bits per heavy atom. The van der Waals surface area contributed by atoms with Crippen LogP contribution < -0.4 is 4.90 Å². The fourth-order valence-electron chi connectivity index (χ4n) is 2.26. The first-order valence-electron chi connectivity index (χ1n) is 7.32. The van der Waals surface area contributed by atoms with Crippen LogP contribution in [0, 0.1) is 10.1 Å². The van der Waals surface area contributed by atoms with Gasteiger partial charge < -0.3 is 4.90 Å². The van der Waals surface area contributed by atoms with Crippen molar-refractivity contribution in [3.05, 3.63) is 76.5 Å². The summed E-state index contributed by atoms with van der Waals surface area (Å²) in [5.41, 5.74) is 2.29. The second-order valence-corrected chi connectivity index (χ2v) is 5.02. The van der Waals surface area contributed by atoms with Gasteiger partial charge in [0.05, 0.1) is 4.92 Å². The molecule has 0 radical (unpaired) electrons. The molecule has 0 bridgehead atoms. The van der Waals surface area contributed by atoms with Crippen LogP contribution in [0.25, 0.3) is 5.57 Å². The summed E-state index contributed by atoms with van der Waals surface area (Å²) in [4.78, 5) is 24.2. The number of rotatable bonds is 6. The van der Waals surface area contributed by atoms with Gasteiger partial charge in [-0.1, -0.05) is 30.3 Å². The van der Waals surface area contributed by atoms with Gasteiger partial charge in [0.25, 0.3) is 5.69 Å². The number of allylic oxidation sites excluding steroid dienone is 1. The van der Waals surface area contributed by atoms with E-state index in [1.165, 1.54) is 19.1 Å². The first kappa shape index (κ1) is 16.4. The summed E-state index contributed by atoms with van der Waals surface area (Å²) in [6.45, 7) is 4.13. The molecule has 0 spiro atoms. The summed E-state index contributed by atoms with van der Waals surface area (Å²) in [5.74, 6) is -0.0310. The van der Waals surface area contributed by atoms with E-state index in [-0.39, 0.29) is 11.5 Å². The van der Waals surface area contributed by atoms with E-state index in [2.05, 4.69) is 0 Å². The molecule has 0 saturated carbocycles. The highest BCUT2D eigenvalue weighted by molar-refractivity contribution is 6.19. The molecule has 23 heavy (non-hydrogen) atoms. The number of anilines is 1. The third kappa shape index (κ3) is 4.03. The lowest BCUT2D eigenvalue weighted by atomic mass is 10.0. The van der Waals surface area contributed by atoms with E-state index in [4.69, 9.17) is 0 Å². The van der Waals surface area contributed by atoms with E-state index in [1.54, 1.807) is 18.3 Å². The largest absolute Gasteiger partial charge is 0.348 e. The van der Waals surface area contributed by atoms with Gasteiger partial charge in [-0.25, -0.2) is 0 Å². The molecule has 0 amide bonds. The predicted molar refractivity (Wildman–Crippen MR) is 91.2 cm³/mol.